The Morgan fingerprint density at radius 2 is 1.96 bits per heavy atom. The van der Waals surface area contributed by atoms with Crippen molar-refractivity contribution in [2.24, 2.45) is 5.92 Å². The summed E-state index contributed by atoms with van der Waals surface area (Å²) < 4.78 is 5.15. The van der Waals surface area contributed by atoms with Crippen molar-refractivity contribution < 1.29 is 14.6 Å². The van der Waals surface area contributed by atoms with Gasteiger partial charge in [0.2, 0.25) is 5.95 Å². The van der Waals surface area contributed by atoms with Crippen molar-refractivity contribution in [1.82, 2.24) is 9.97 Å². The van der Waals surface area contributed by atoms with Crippen LogP contribution in [0.15, 0.2) is 40.3 Å². The highest BCUT2D eigenvalue weighted by atomic mass is 35.5. The van der Waals surface area contributed by atoms with E-state index in [0.717, 1.165) is 10.6 Å². The van der Waals surface area contributed by atoms with Gasteiger partial charge in [-0.2, -0.15) is 0 Å². The third kappa shape index (κ3) is 5.51. The van der Waals surface area contributed by atoms with Gasteiger partial charge in [0.1, 0.15) is 22.0 Å². The molecule has 2 rings (SSSR count). The van der Waals surface area contributed by atoms with E-state index in [-0.39, 0.29) is 11.1 Å². The Bertz CT molecular complexity index is 756. The van der Waals surface area contributed by atoms with Crippen LogP contribution in [-0.2, 0) is 4.79 Å². The molecule has 26 heavy (non-hydrogen) atoms. The molecule has 0 unspecified atom stereocenters. The molecule has 0 aliphatic rings. The lowest BCUT2D eigenvalue weighted by atomic mass is 10.0. The molecule has 1 aromatic carbocycles. The number of carboxylic acids is 1. The van der Waals surface area contributed by atoms with E-state index >= 15 is 0 Å². The Labute approximate surface area is 162 Å². The number of hydrogen-bond acceptors (Lipinski definition) is 6. The van der Waals surface area contributed by atoms with Crippen LogP contribution in [0.3, 0.4) is 0 Å². The van der Waals surface area contributed by atoms with Gasteiger partial charge >= 0.3 is 5.97 Å². The predicted octanol–water partition coefficient (Wildman–Crippen LogP) is 4.23. The quantitative estimate of drug-likeness (QED) is 0.670. The summed E-state index contributed by atoms with van der Waals surface area (Å²) in [7, 11) is 3.29. The number of benzene rings is 1. The van der Waals surface area contributed by atoms with Crippen molar-refractivity contribution in [3.05, 3.63) is 35.5 Å². The maximum absolute atomic E-state index is 11.6. The highest BCUT2D eigenvalue weighted by Gasteiger charge is 2.26. The van der Waals surface area contributed by atoms with Gasteiger partial charge in [0.15, 0.2) is 0 Å². The van der Waals surface area contributed by atoms with Gasteiger partial charge in [-0.05, 0) is 36.6 Å². The molecule has 0 saturated carbocycles. The highest BCUT2D eigenvalue weighted by molar-refractivity contribution is 7.99. The number of halogens is 1. The molecule has 1 aromatic heterocycles. The molecular weight excluding hydrogens is 374 g/mol. The van der Waals surface area contributed by atoms with Crippen molar-refractivity contribution >= 4 is 35.3 Å². The van der Waals surface area contributed by atoms with Gasteiger partial charge in [-0.15, -0.1) is 0 Å². The first kappa shape index (κ1) is 20.3. The molecule has 1 N–H and O–H groups in total. The van der Waals surface area contributed by atoms with Crippen LogP contribution in [0.4, 0.5) is 5.95 Å². The first-order chi connectivity index (χ1) is 12.3. The molecule has 8 heteroatoms. The van der Waals surface area contributed by atoms with Crippen molar-refractivity contribution in [2.75, 3.05) is 19.1 Å². The van der Waals surface area contributed by atoms with E-state index in [4.69, 9.17) is 16.3 Å². The topological polar surface area (TPSA) is 75.5 Å². The summed E-state index contributed by atoms with van der Waals surface area (Å²) in [5, 5.41) is 10.4. The first-order valence-electron chi connectivity index (χ1n) is 8.12. The third-order valence-electron chi connectivity index (χ3n) is 3.70. The number of carboxylic acid groups (broad SMARTS) is 1. The van der Waals surface area contributed by atoms with Gasteiger partial charge in [-0.3, -0.25) is 0 Å². The Kier molecular flexibility index (Phi) is 7.11. The number of ether oxygens (including phenoxy) is 1. The minimum Gasteiger partial charge on any atom is -0.497 e. The second-order valence-corrected chi connectivity index (χ2v) is 7.68. The smallest absolute Gasteiger partial charge is 0.326 e. The zero-order chi connectivity index (χ0) is 19.3. The number of methoxy groups -OCH3 is 1. The summed E-state index contributed by atoms with van der Waals surface area (Å²) in [4.78, 5) is 22.8. The fourth-order valence-electron chi connectivity index (χ4n) is 2.37. The van der Waals surface area contributed by atoms with Crippen molar-refractivity contribution in [3.8, 4) is 5.75 Å². The normalized spacial score (nSPS) is 12.1. The van der Waals surface area contributed by atoms with Crippen LogP contribution in [0.2, 0.25) is 5.15 Å². The molecule has 0 amide bonds. The number of anilines is 1. The Hall–Kier alpha value is -1.99. The molecule has 0 aliphatic heterocycles. The minimum atomic E-state index is -0.908. The van der Waals surface area contributed by atoms with E-state index in [1.165, 1.54) is 11.8 Å². The van der Waals surface area contributed by atoms with Crippen LogP contribution in [0.5, 0.6) is 5.75 Å². The number of nitrogens with zero attached hydrogens (tertiary/aromatic N) is 3. The van der Waals surface area contributed by atoms with Crippen molar-refractivity contribution in [2.45, 2.75) is 36.2 Å². The zero-order valence-corrected chi connectivity index (χ0v) is 16.7. The van der Waals surface area contributed by atoms with E-state index in [1.54, 1.807) is 25.1 Å². The van der Waals surface area contributed by atoms with Gasteiger partial charge in [0, 0.05) is 18.0 Å². The monoisotopic (exact) mass is 395 g/mol. The van der Waals surface area contributed by atoms with Crippen molar-refractivity contribution in [1.29, 1.82) is 0 Å². The molecule has 6 nitrogen and oxygen atoms in total. The van der Waals surface area contributed by atoms with Gasteiger partial charge in [0.05, 0.1) is 7.11 Å². The molecule has 2 aromatic rings. The number of likely N-dealkylation sites (N-methyl/N-ethyl adjacent to an activating group) is 1. The van der Waals surface area contributed by atoms with Crippen LogP contribution in [-0.4, -0.2) is 41.2 Å². The van der Waals surface area contributed by atoms with Crippen LogP contribution >= 0.6 is 23.4 Å². The second-order valence-electron chi connectivity index (χ2n) is 6.20. The molecule has 0 radical (unpaired) electrons. The standard InChI is InChI=1S/C18H22ClN3O3S/c1-11(2)9-14(17(23)24)22(3)18-20-15(19)10-16(21-18)26-13-7-5-12(25-4)6-8-13/h5-8,10-11,14H,9H2,1-4H3,(H,23,24)/t14-/m0/s1. The van der Waals surface area contributed by atoms with Gasteiger partial charge in [-0.1, -0.05) is 37.2 Å². The molecule has 0 bridgehead atoms. The molecular formula is C18H22ClN3O3S. The van der Waals surface area contributed by atoms with Crippen LogP contribution < -0.4 is 9.64 Å². The average Bonchev–Trinajstić information content (AvgIpc) is 2.59. The zero-order valence-electron chi connectivity index (χ0n) is 15.1. The van der Waals surface area contributed by atoms with E-state index in [2.05, 4.69) is 9.97 Å². The summed E-state index contributed by atoms with van der Waals surface area (Å²) in [5.74, 6) is 0.384. The number of aromatic nitrogens is 2. The number of rotatable bonds is 8. The summed E-state index contributed by atoms with van der Waals surface area (Å²) in [6, 6.07) is 8.50. The van der Waals surface area contributed by atoms with Crippen LogP contribution in [0, 0.1) is 5.92 Å². The maximum atomic E-state index is 11.6. The third-order valence-corrected chi connectivity index (χ3v) is 4.82. The lowest BCUT2D eigenvalue weighted by Gasteiger charge is -2.26. The number of aliphatic carboxylic acids is 1. The molecule has 0 fully saturated rings. The first-order valence-corrected chi connectivity index (χ1v) is 9.31. The molecule has 1 heterocycles. The highest BCUT2D eigenvalue weighted by Crippen LogP contribution is 2.30. The Balaban J connectivity index is 2.25. The summed E-state index contributed by atoms with van der Waals surface area (Å²) in [5.41, 5.74) is 0. The summed E-state index contributed by atoms with van der Waals surface area (Å²) in [6.45, 7) is 3.96. The Morgan fingerprint density at radius 3 is 2.50 bits per heavy atom. The Morgan fingerprint density at radius 1 is 1.31 bits per heavy atom. The fourth-order valence-corrected chi connectivity index (χ4v) is 3.43. The second kappa shape index (κ2) is 9.09. The largest absolute Gasteiger partial charge is 0.497 e. The molecule has 1 atom stereocenters. The van der Waals surface area contributed by atoms with E-state index in [1.807, 2.05) is 38.1 Å². The fraction of sp³-hybridized carbons (Fsp3) is 0.389. The molecule has 0 spiro atoms. The molecule has 0 aliphatic carbocycles. The average molecular weight is 396 g/mol. The summed E-state index contributed by atoms with van der Waals surface area (Å²) in [6.07, 6.45) is 0.489. The van der Waals surface area contributed by atoms with Crippen molar-refractivity contribution in [3.63, 3.8) is 0 Å². The van der Waals surface area contributed by atoms with Crippen LogP contribution in [0.25, 0.3) is 0 Å². The number of hydrogen-bond donors (Lipinski definition) is 1. The van der Waals surface area contributed by atoms with Gasteiger partial charge in [0.25, 0.3) is 0 Å². The molecule has 0 saturated heterocycles. The van der Waals surface area contributed by atoms with Gasteiger partial charge in [-0.25, -0.2) is 14.8 Å². The lowest BCUT2D eigenvalue weighted by molar-refractivity contribution is -0.138. The molecule has 140 valence electrons. The minimum absolute atomic E-state index is 0.228. The lowest BCUT2D eigenvalue weighted by Crippen LogP contribution is -2.40. The number of carbonyl (C=O) groups is 1. The maximum Gasteiger partial charge on any atom is 0.326 e. The SMILES string of the molecule is COc1ccc(Sc2cc(Cl)nc(N(C)[C@@H](CC(C)C)C(=O)O)n2)cc1. The summed E-state index contributed by atoms with van der Waals surface area (Å²) >= 11 is 7.56. The van der Waals surface area contributed by atoms with E-state index in [9.17, 15) is 9.90 Å². The van der Waals surface area contributed by atoms with Gasteiger partial charge < -0.3 is 14.7 Å². The van der Waals surface area contributed by atoms with E-state index in [0.29, 0.717) is 17.4 Å². The predicted molar refractivity (Wildman–Crippen MR) is 103 cm³/mol. The van der Waals surface area contributed by atoms with Crippen LogP contribution in [0.1, 0.15) is 20.3 Å². The van der Waals surface area contributed by atoms with E-state index < -0.39 is 12.0 Å².